The van der Waals surface area contributed by atoms with Gasteiger partial charge in [0.2, 0.25) is 0 Å². The summed E-state index contributed by atoms with van der Waals surface area (Å²) in [5.41, 5.74) is 5.59. The molecule has 0 bridgehead atoms. The maximum atomic E-state index is 5.69. The van der Waals surface area contributed by atoms with Crippen LogP contribution in [0.2, 0.25) is 0 Å². The van der Waals surface area contributed by atoms with E-state index in [1.54, 1.807) is 0 Å². The molecule has 1 aliphatic rings. The molecule has 0 saturated carbocycles. The van der Waals surface area contributed by atoms with Crippen LogP contribution in [0.3, 0.4) is 0 Å². The largest absolute Gasteiger partial charge is 0.376 e. The first-order valence-electron chi connectivity index (χ1n) is 6.23. The van der Waals surface area contributed by atoms with Gasteiger partial charge in [0, 0.05) is 19.1 Å². The minimum Gasteiger partial charge on any atom is -0.376 e. The Kier molecular flexibility index (Phi) is 5.58. The van der Waals surface area contributed by atoms with Gasteiger partial charge in [-0.25, -0.2) is 0 Å². The van der Waals surface area contributed by atoms with Gasteiger partial charge in [-0.15, -0.1) is 0 Å². The van der Waals surface area contributed by atoms with Gasteiger partial charge in [-0.05, 0) is 32.2 Å². The van der Waals surface area contributed by atoms with Crippen molar-refractivity contribution in [3.63, 3.8) is 0 Å². The lowest BCUT2D eigenvalue weighted by Gasteiger charge is -2.39. The SMILES string of the molecule is CCC1COC(C)CN1CC(C)CCN. The summed E-state index contributed by atoms with van der Waals surface area (Å²) in [6.45, 7) is 10.6. The maximum absolute atomic E-state index is 5.69. The molecule has 0 aliphatic carbocycles. The average Bonchev–Trinajstić information content (AvgIpc) is 2.18. The number of nitrogens with zero attached hydrogens (tertiary/aromatic N) is 1. The zero-order chi connectivity index (χ0) is 11.3. The number of hydrogen-bond donors (Lipinski definition) is 1. The third kappa shape index (κ3) is 4.09. The van der Waals surface area contributed by atoms with Crippen LogP contribution in [0.15, 0.2) is 0 Å². The van der Waals surface area contributed by atoms with Crippen LogP contribution in [0.5, 0.6) is 0 Å². The molecule has 3 heteroatoms. The van der Waals surface area contributed by atoms with E-state index in [4.69, 9.17) is 10.5 Å². The number of morpholine rings is 1. The average molecular weight is 214 g/mol. The molecule has 0 aromatic rings. The summed E-state index contributed by atoms with van der Waals surface area (Å²) < 4.78 is 5.69. The van der Waals surface area contributed by atoms with E-state index in [0.29, 0.717) is 18.1 Å². The highest BCUT2D eigenvalue weighted by molar-refractivity contribution is 4.78. The molecule has 90 valence electrons. The van der Waals surface area contributed by atoms with E-state index in [1.165, 1.54) is 13.0 Å². The Morgan fingerprint density at radius 3 is 2.87 bits per heavy atom. The first kappa shape index (κ1) is 12.9. The standard InChI is InChI=1S/C12H26N2O/c1-4-12-9-15-11(3)8-14(12)7-10(2)5-6-13/h10-12H,4-9,13H2,1-3H3. The fraction of sp³-hybridized carbons (Fsp3) is 1.00. The first-order valence-corrected chi connectivity index (χ1v) is 6.23. The topological polar surface area (TPSA) is 38.5 Å². The predicted molar refractivity (Wildman–Crippen MR) is 63.9 cm³/mol. The number of ether oxygens (including phenoxy) is 1. The van der Waals surface area contributed by atoms with Gasteiger partial charge >= 0.3 is 0 Å². The van der Waals surface area contributed by atoms with Crippen molar-refractivity contribution in [2.24, 2.45) is 11.7 Å². The Hall–Kier alpha value is -0.120. The minimum absolute atomic E-state index is 0.387. The van der Waals surface area contributed by atoms with Crippen LogP contribution in [0.25, 0.3) is 0 Å². The van der Waals surface area contributed by atoms with Gasteiger partial charge < -0.3 is 10.5 Å². The van der Waals surface area contributed by atoms with Gasteiger partial charge in [-0.2, -0.15) is 0 Å². The van der Waals surface area contributed by atoms with Crippen molar-refractivity contribution in [2.75, 3.05) is 26.2 Å². The van der Waals surface area contributed by atoms with E-state index in [-0.39, 0.29) is 0 Å². The zero-order valence-corrected chi connectivity index (χ0v) is 10.4. The van der Waals surface area contributed by atoms with Crippen molar-refractivity contribution in [3.05, 3.63) is 0 Å². The van der Waals surface area contributed by atoms with Gasteiger partial charge in [0.05, 0.1) is 12.7 Å². The Morgan fingerprint density at radius 1 is 1.53 bits per heavy atom. The van der Waals surface area contributed by atoms with Crippen molar-refractivity contribution < 1.29 is 4.74 Å². The highest BCUT2D eigenvalue weighted by atomic mass is 16.5. The van der Waals surface area contributed by atoms with Gasteiger partial charge in [-0.3, -0.25) is 4.90 Å². The minimum atomic E-state index is 0.387. The van der Waals surface area contributed by atoms with Crippen LogP contribution < -0.4 is 5.73 Å². The second-order valence-corrected chi connectivity index (χ2v) is 4.84. The summed E-state index contributed by atoms with van der Waals surface area (Å²) in [5.74, 6) is 0.703. The van der Waals surface area contributed by atoms with Gasteiger partial charge in [0.25, 0.3) is 0 Å². The van der Waals surface area contributed by atoms with E-state index >= 15 is 0 Å². The van der Waals surface area contributed by atoms with E-state index in [9.17, 15) is 0 Å². The van der Waals surface area contributed by atoms with Crippen molar-refractivity contribution >= 4 is 0 Å². The van der Waals surface area contributed by atoms with Gasteiger partial charge in [0.15, 0.2) is 0 Å². The maximum Gasteiger partial charge on any atom is 0.0674 e. The molecule has 1 fully saturated rings. The lowest BCUT2D eigenvalue weighted by molar-refractivity contribution is -0.0601. The third-order valence-electron chi connectivity index (χ3n) is 3.26. The second-order valence-electron chi connectivity index (χ2n) is 4.84. The molecule has 1 saturated heterocycles. The number of hydrogen-bond acceptors (Lipinski definition) is 3. The summed E-state index contributed by atoms with van der Waals surface area (Å²) in [4.78, 5) is 2.58. The third-order valence-corrected chi connectivity index (χ3v) is 3.26. The molecule has 1 rings (SSSR count). The molecule has 0 spiro atoms. The molecule has 3 atom stereocenters. The van der Waals surface area contributed by atoms with Crippen LogP contribution in [0, 0.1) is 5.92 Å². The summed E-state index contributed by atoms with van der Waals surface area (Å²) >= 11 is 0. The fourth-order valence-electron chi connectivity index (χ4n) is 2.29. The summed E-state index contributed by atoms with van der Waals surface area (Å²) in [6, 6.07) is 0.612. The van der Waals surface area contributed by atoms with Crippen molar-refractivity contribution in [2.45, 2.75) is 45.8 Å². The van der Waals surface area contributed by atoms with Crippen LogP contribution in [-0.4, -0.2) is 43.3 Å². The van der Waals surface area contributed by atoms with Gasteiger partial charge in [0.1, 0.15) is 0 Å². The molecule has 1 heterocycles. The molecular formula is C12H26N2O. The molecule has 3 nitrogen and oxygen atoms in total. The van der Waals surface area contributed by atoms with Crippen LogP contribution in [-0.2, 0) is 4.74 Å². The number of rotatable bonds is 5. The lowest BCUT2D eigenvalue weighted by Crippen LogP contribution is -2.50. The molecular weight excluding hydrogens is 188 g/mol. The molecule has 2 N–H and O–H groups in total. The van der Waals surface area contributed by atoms with Crippen LogP contribution in [0.4, 0.5) is 0 Å². The van der Waals surface area contributed by atoms with E-state index < -0.39 is 0 Å². The summed E-state index contributed by atoms with van der Waals surface area (Å²) in [7, 11) is 0. The Labute approximate surface area is 94.0 Å². The molecule has 15 heavy (non-hydrogen) atoms. The molecule has 0 radical (unpaired) electrons. The van der Waals surface area contributed by atoms with E-state index in [1.807, 2.05) is 0 Å². The summed E-state index contributed by atoms with van der Waals surface area (Å²) in [6.07, 6.45) is 2.70. The summed E-state index contributed by atoms with van der Waals surface area (Å²) in [5, 5.41) is 0. The molecule has 0 aromatic carbocycles. The number of nitrogens with two attached hydrogens (primary N) is 1. The first-order chi connectivity index (χ1) is 7.17. The second kappa shape index (κ2) is 6.46. The predicted octanol–water partition coefficient (Wildman–Crippen LogP) is 1.47. The normalized spacial score (nSPS) is 30.4. The van der Waals surface area contributed by atoms with Gasteiger partial charge in [-0.1, -0.05) is 13.8 Å². The van der Waals surface area contributed by atoms with E-state index in [0.717, 1.165) is 26.1 Å². The molecule has 1 aliphatic heterocycles. The quantitative estimate of drug-likeness (QED) is 0.753. The Balaban J connectivity index is 2.40. The molecule has 3 unspecified atom stereocenters. The Bertz CT molecular complexity index is 175. The van der Waals surface area contributed by atoms with Crippen LogP contribution in [0.1, 0.15) is 33.6 Å². The molecule has 0 aromatic heterocycles. The van der Waals surface area contributed by atoms with Crippen LogP contribution >= 0.6 is 0 Å². The highest BCUT2D eigenvalue weighted by Crippen LogP contribution is 2.16. The molecule has 0 amide bonds. The monoisotopic (exact) mass is 214 g/mol. The highest BCUT2D eigenvalue weighted by Gasteiger charge is 2.26. The fourth-order valence-corrected chi connectivity index (χ4v) is 2.29. The Morgan fingerprint density at radius 2 is 2.27 bits per heavy atom. The van der Waals surface area contributed by atoms with E-state index in [2.05, 4.69) is 25.7 Å². The van der Waals surface area contributed by atoms with Crippen molar-refractivity contribution in [1.29, 1.82) is 0 Å². The smallest absolute Gasteiger partial charge is 0.0674 e. The van der Waals surface area contributed by atoms with Crippen molar-refractivity contribution in [1.82, 2.24) is 4.90 Å². The lowest BCUT2D eigenvalue weighted by atomic mass is 10.0. The zero-order valence-electron chi connectivity index (χ0n) is 10.4. The van der Waals surface area contributed by atoms with Crippen molar-refractivity contribution in [3.8, 4) is 0 Å².